The molecule has 0 amide bonds. The molecule has 0 saturated heterocycles. The van der Waals surface area contributed by atoms with E-state index in [1.807, 2.05) is 29.8 Å². The summed E-state index contributed by atoms with van der Waals surface area (Å²) < 4.78 is 33.2. The Labute approximate surface area is 136 Å². The first-order chi connectivity index (χ1) is 10.9. The number of furan rings is 1. The molecular formula is C15H22N4O3S. The molecule has 0 aliphatic carbocycles. The van der Waals surface area contributed by atoms with Crippen LogP contribution in [0.3, 0.4) is 0 Å². The quantitative estimate of drug-likeness (QED) is 0.883. The van der Waals surface area contributed by atoms with Crippen LogP contribution in [0.25, 0.3) is 0 Å². The summed E-state index contributed by atoms with van der Waals surface area (Å²) in [6, 6.07) is 6.02. The molecule has 0 radical (unpaired) electrons. The maximum absolute atomic E-state index is 11.4. The van der Waals surface area contributed by atoms with E-state index in [2.05, 4.69) is 14.7 Å². The predicted molar refractivity (Wildman–Crippen MR) is 86.2 cm³/mol. The monoisotopic (exact) mass is 338 g/mol. The molecule has 1 atom stereocenters. The van der Waals surface area contributed by atoms with Crippen LogP contribution in [-0.4, -0.2) is 41.9 Å². The highest BCUT2D eigenvalue weighted by atomic mass is 32.2. The van der Waals surface area contributed by atoms with Gasteiger partial charge in [0.25, 0.3) is 0 Å². The second-order valence-corrected chi connectivity index (χ2v) is 7.86. The zero-order valence-corrected chi connectivity index (χ0v) is 14.2. The van der Waals surface area contributed by atoms with Crippen molar-refractivity contribution in [2.24, 2.45) is 0 Å². The van der Waals surface area contributed by atoms with Crippen LogP contribution in [0.4, 0.5) is 0 Å². The summed E-state index contributed by atoms with van der Waals surface area (Å²) in [6.45, 7) is 4.46. The Morgan fingerprint density at radius 1 is 1.39 bits per heavy atom. The molecule has 0 unspecified atom stereocenters. The number of hydrogen-bond donors (Lipinski definition) is 1. The number of nitrogens with zero attached hydrogens (tertiary/aromatic N) is 3. The summed E-state index contributed by atoms with van der Waals surface area (Å²) in [7, 11) is -3.20. The van der Waals surface area contributed by atoms with E-state index >= 15 is 0 Å². The van der Waals surface area contributed by atoms with Gasteiger partial charge in [0, 0.05) is 31.9 Å². The Morgan fingerprint density at radius 2 is 2.22 bits per heavy atom. The van der Waals surface area contributed by atoms with Crippen molar-refractivity contribution in [3.05, 3.63) is 41.6 Å². The molecule has 2 aromatic heterocycles. The van der Waals surface area contributed by atoms with Gasteiger partial charge in [-0.2, -0.15) is 5.10 Å². The minimum absolute atomic E-state index is 0.0943. The number of aromatic nitrogens is 2. The topological polar surface area (TPSA) is 80.4 Å². The minimum Gasteiger partial charge on any atom is -0.465 e. The Bertz CT molecular complexity index is 765. The summed E-state index contributed by atoms with van der Waals surface area (Å²) in [5.41, 5.74) is 1.13. The van der Waals surface area contributed by atoms with Crippen LogP contribution in [0, 0.1) is 6.92 Å². The van der Waals surface area contributed by atoms with Gasteiger partial charge in [-0.3, -0.25) is 9.58 Å². The van der Waals surface area contributed by atoms with Crippen LogP contribution < -0.4 is 4.72 Å². The lowest BCUT2D eigenvalue weighted by Crippen LogP contribution is -2.42. The molecule has 3 rings (SSSR count). The van der Waals surface area contributed by atoms with Gasteiger partial charge in [0.2, 0.25) is 10.0 Å². The van der Waals surface area contributed by atoms with Crippen molar-refractivity contribution in [1.29, 1.82) is 0 Å². The molecule has 0 spiro atoms. The second-order valence-electron chi connectivity index (χ2n) is 6.03. The molecule has 23 heavy (non-hydrogen) atoms. The molecule has 3 heterocycles. The van der Waals surface area contributed by atoms with Gasteiger partial charge in [-0.1, -0.05) is 0 Å². The largest absolute Gasteiger partial charge is 0.465 e. The molecule has 0 aromatic carbocycles. The van der Waals surface area contributed by atoms with E-state index in [1.165, 1.54) is 6.26 Å². The molecule has 126 valence electrons. The van der Waals surface area contributed by atoms with Crippen molar-refractivity contribution in [2.75, 3.05) is 12.8 Å². The van der Waals surface area contributed by atoms with E-state index in [-0.39, 0.29) is 6.04 Å². The normalized spacial score (nSPS) is 19.5. The fraction of sp³-hybridized carbons (Fsp3) is 0.533. The molecule has 2 aromatic rings. The van der Waals surface area contributed by atoms with Crippen LogP contribution in [0.2, 0.25) is 0 Å². The van der Waals surface area contributed by atoms with Gasteiger partial charge >= 0.3 is 0 Å². The van der Waals surface area contributed by atoms with Gasteiger partial charge in [-0.05, 0) is 31.5 Å². The fourth-order valence-corrected chi connectivity index (χ4v) is 3.42. The van der Waals surface area contributed by atoms with Gasteiger partial charge < -0.3 is 4.42 Å². The molecule has 0 bridgehead atoms. The summed E-state index contributed by atoms with van der Waals surface area (Å²) in [5, 5.41) is 4.33. The number of fused-ring (bicyclic) bond motifs is 1. The van der Waals surface area contributed by atoms with E-state index in [4.69, 9.17) is 4.42 Å². The van der Waals surface area contributed by atoms with E-state index < -0.39 is 10.0 Å². The highest BCUT2D eigenvalue weighted by Gasteiger charge is 2.25. The average Bonchev–Trinajstić information content (AvgIpc) is 3.03. The van der Waals surface area contributed by atoms with Gasteiger partial charge in [-0.25, -0.2) is 13.1 Å². The zero-order valence-electron chi connectivity index (χ0n) is 13.4. The third-order valence-corrected chi connectivity index (χ3v) is 4.79. The molecule has 8 heteroatoms. The highest BCUT2D eigenvalue weighted by molar-refractivity contribution is 7.88. The second kappa shape index (κ2) is 6.46. The third-order valence-electron chi connectivity index (χ3n) is 4.10. The number of nitrogens with one attached hydrogen (secondary N) is 1. The lowest BCUT2D eigenvalue weighted by Gasteiger charge is -2.28. The molecular weight excluding hydrogens is 316 g/mol. The lowest BCUT2D eigenvalue weighted by molar-refractivity contribution is 0.163. The van der Waals surface area contributed by atoms with Crippen molar-refractivity contribution < 1.29 is 12.8 Å². The standard InChI is InChI=1S/C15H22N4O3S/c1-12-3-4-15(22-12)11-18-10-14-5-7-16-19(14)8-6-13(18)9-17-23(2,20)21/h3-5,7,13,17H,6,8-11H2,1-2H3/t13-/m0/s1. The van der Waals surface area contributed by atoms with Crippen LogP contribution in [0.5, 0.6) is 0 Å². The van der Waals surface area contributed by atoms with Crippen molar-refractivity contribution >= 4 is 10.0 Å². The van der Waals surface area contributed by atoms with Crippen LogP contribution >= 0.6 is 0 Å². The Hall–Kier alpha value is -1.64. The third kappa shape index (κ3) is 4.21. The van der Waals surface area contributed by atoms with E-state index in [1.54, 1.807) is 6.20 Å². The molecule has 0 saturated carbocycles. The van der Waals surface area contributed by atoms with Crippen LogP contribution in [0.15, 0.2) is 28.8 Å². The Morgan fingerprint density at radius 3 is 2.91 bits per heavy atom. The molecule has 1 aliphatic heterocycles. The lowest BCUT2D eigenvalue weighted by atomic mass is 10.1. The SMILES string of the molecule is Cc1ccc(CN2Cc3ccnn3CC[C@H]2CNS(C)(=O)=O)o1. The van der Waals surface area contributed by atoms with Gasteiger partial charge in [-0.15, -0.1) is 0 Å². The Kier molecular flexibility index (Phi) is 4.56. The fourth-order valence-electron chi connectivity index (χ4n) is 2.92. The van der Waals surface area contributed by atoms with Crippen molar-refractivity contribution in [3.8, 4) is 0 Å². The molecule has 7 nitrogen and oxygen atoms in total. The summed E-state index contributed by atoms with van der Waals surface area (Å²) in [6.07, 6.45) is 3.82. The van der Waals surface area contributed by atoms with Crippen molar-refractivity contribution in [3.63, 3.8) is 0 Å². The van der Waals surface area contributed by atoms with Gasteiger partial charge in [0.1, 0.15) is 11.5 Å². The maximum Gasteiger partial charge on any atom is 0.208 e. The smallest absolute Gasteiger partial charge is 0.208 e. The highest BCUT2D eigenvalue weighted by Crippen LogP contribution is 2.20. The number of aryl methyl sites for hydroxylation is 2. The summed E-state index contributed by atoms with van der Waals surface area (Å²) >= 11 is 0. The number of hydrogen-bond acceptors (Lipinski definition) is 5. The van der Waals surface area contributed by atoms with E-state index in [0.717, 1.165) is 36.7 Å². The first kappa shape index (κ1) is 16.2. The number of rotatable bonds is 5. The minimum atomic E-state index is -3.20. The first-order valence-corrected chi connectivity index (χ1v) is 9.54. The van der Waals surface area contributed by atoms with Gasteiger partial charge in [0.15, 0.2) is 0 Å². The van der Waals surface area contributed by atoms with E-state index in [9.17, 15) is 8.42 Å². The Balaban J connectivity index is 1.78. The first-order valence-electron chi connectivity index (χ1n) is 7.65. The summed E-state index contributed by atoms with van der Waals surface area (Å²) in [5.74, 6) is 1.77. The molecule has 1 aliphatic rings. The zero-order chi connectivity index (χ0) is 16.4. The van der Waals surface area contributed by atoms with E-state index in [0.29, 0.717) is 13.1 Å². The maximum atomic E-state index is 11.4. The van der Waals surface area contributed by atoms with Crippen LogP contribution in [-0.2, 0) is 29.7 Å². The van der Waals surface area contributed by atoms with Crippen molar-refractivity contribution in [1.82, 2.24) is 19.4 Å². The molecule has 0 fully saturated rings. The van der Waals surface area contributed by atoms with Crippen LogP contribution in [0.1, 0.15) is 23.6 Å². The predicted octanol–water partition coefficient (Wildman–Crippen LogP) is 1.11. The number of sulfonamides is 1. The van der Waals surface area contributed by atoms with Gasteiger partial charge in [0.05, 0.1) is 18.5 Å². The average molecular weight is 338 g/mol. The molecule has 1 N–H and O–H groups in total. The summed E-state index contributed by atoms with van der Waals surface area (Å²) in [4.78, 5) is 2.25. The van der Waals surface area contributed by atoms with Crippen molar-refractivity contribution in [2.45, 2.75) is 39.0 Å².